The summed E-state index contributed by atoms with van der Waals surface area (Å²) in [7, 11) is 1.24. The van der Waals surface area contributed by atoms with Gasteiger partial charge in [0.25, 0.3) is 0 Å². The third-order valence-electron chi connectivity index (χ3n) is 3.80. The van der Waals surface area contributed by atoms with E-state index in [0.717, 1.165) is 16.7 Å². The molecule has 2 aromatic carbocycles. The molecule has 0 aliphatic carbocycles. The van der Waals surface area contributed by atoms with Crippen LogP contribution in [0, 0.1) is 18.3 Å². The highest BCUT2D eigenvalue weighted by atomic mass is 16.6. The number of carbonyl (C=O) groups excluding carboxylic acids is 1. The van der Waals surface area contributed by atoms with Crippen LogP contribution in [-0.4, -0.2) is 24.8 Å². The Morgan fingerprint density at radius 1 is 1.22 bits per heavy atom. The summed E-state index contributed by atoms with van der Waals surface area (Å²) in [5.41, 5.74) is 3.07. The van der Waals surface area contributed by atoms with Crippen LogP contribution in [-0.2, 0) is 27.5 Å². The Kier molecular flexibility index (Phi) is 7.56. The number of nitriles is 1. The van der Waals surface area contributed by atoms with Crippen molar-refractivity contribution in [3.63, 3.8) is 0 Å². The fraction of sp³-hybridized carbons (Fsp3) is 0.238. The largest absolute Gasteiger partial charge is 0.463 e. The van der Waals surface area contributed by atoms with E-state index in [-0.39, 0.29) is 12.4 Å². The standard InChI is InChI=1S/C21H21NO5/c1-15-7-8-16(11-20(15)27-19(9-10-23)21(24)25-2)13-26-14-18-6-4-3-5-17(18)12-22/h3-9,11,23H,10,13-14H2,1-2H3/b19-9-. The van der Waals surface area contributed by atoms with Gasteiger partial charge >= 0.3 is 5.97 Å². The van der Waals surface area contributed by atoms with Gasteiger partial charge in [0.05, 0.1) is 38.6 Å². The van der Waals surface area contributed by atoms with Crippen LogP contribution >= 0.6 is 0 Å². The van der Waals surface area contributed by atoms with Crippen LogP contribution in [0.25, 0.3) is 0 Å². The van der Waals surface area contributed by atoms with Crippen LogP contribution in [0.5, 0.6) is 5.75 Å². The van der Waals surface area contributed by atoms with Crippen molar-refractivity contribution in [2.45, 2.75) is 20.1 Å². The first-order valence-corrected chi connectivity index (χ1v) is 8.31. The Morgan fingerprint density at radius 3 is 2.70 bits per heavy atom. The predicted molar refractivity (Wildman–Crippen MR) is 98.6 cm³/mol. The highest BCUT2D eigenvalue weighted by Crippen LogP contribution is 2.23. The summed E-state index contributed by atoms with van der Waals surface area (Å²) >= 11 is 0. The van der Waals surface area contributed by atoms with Gasteiger partial charge in [0.15, 0.2) is 0 Å². The third kappa shape index (κ3) is 5.68. The fourth-order valence-electron chi connectivity index (χ4n) is 2.35. The van der Waals surface area contributed by atoms with E-state index in [4.69, 9.17) is 19.8 Å². The molecular weight excluding hydrogens is 346 g/mol. The van der Waals surface area contributed by atoms with Crippen LogP contribution in [0.4, 0.5) is 0 Å². The number of methoxy groups -OCH3 is 1. The zero-order valence-electron chi connectivity index (χ0n) is 15.3. The third-order valence-corrected chi connectivity index (χ3v) is 3.80. The lowest BCUT2D eigenvalue weighted by Crippen LogP contribution is -2.12. The molecule has 0 unspecified atom stereocenters. The van der Waals surface area contributed by atoms with Crippen molar-refractivity contribution >= 4 is 5.97 Å². The molecule has 0 spiro atoms. The summed E-state index contributed by atoms with van der Waals surface area (Å²) in [6.45, 7) is 2.13. The number of esters is 1. The highest BCUT2D eigenvalue weighted by Gasteiger charge is 2.14. The Morgan fingerprint density at radius 2 is 2.00 bits per heavy atom. The van der Waals surface area contributed by atoms with Gasteiger partial charge in [-0.2, -0.15) is 5.26 Å². The van der Waals surface area contributed by atoms with Crippen molar-refractivity contribution in [3.05, 3.63) is 76.6 Å². The second-order valence-electron chi connectivity index (χ2n) is 5.71. The van der Waals surface area contributed by atoms with Gasteiger partial charge in [0.2, 0.25) is 5.76 Å². The number of hydrogen-bond acceptors (Lipinski definition) is 6. The lowest BCUT2D eigenvalue weighted by molar-refractivity contribution is -0.138. The predicted octanol–water partition coefficient (Wildman–Crippen LogP) is 3.01. The van der Waals surface area contributed by atoms with Crippen molar-refractivity contribution in [2.75, 3.05) is 13.7 Å². The molecule has 140 valence electrons. The molecule has 0 aromatic heterocycles. The van der Waals surface area contributed by atoms with Crippen molar-refractivity contribution in [1.82, 2.24) is 0 Å². The molecule has 0 amide bonds. The molecule has 0 saturated heterocycles. The second-order valence-corrected chi connectivity index (χ2v) is 5.71. The van der Waals surface area contributed by atoms with E-state index >= 15 is 0 Å². The van der Waals surface area contributed by atoms with Crippen LogP contribution in [0.15, 0.2) is 54.3 Å². The molecule has 0 bridgehead atoms. The number of aryl methyl sites for hydroxylation is 1. The van der Waals surface area contributed by atoms with Gasteiger partial charge in [-0.3, -0.25) is 0 Å². The van der Waals surface area contributed by atoms with Gasteiger partial charge in [-0.05, 0) is 41.8 Å². The van der Waals surface area contributed by atoms with Crippen LogP contribution < -0.4 is 4.74 Å². The van der Waals surface area contributed by atoms with E-state index < -0.39 is 5.97 Å². The summed E-state index contributed by atoms with van der Waals surface area (Å²) in [5.74, 6) is -0.277. The molecule has 1 N–H and O–H groups in total. The number of hydrogen-bond donors (Lipinski definition) is 1. The molecule has 0 fully saturated rings. The van der Waals surface area contributed by atoms with Crippen LogP contribution in [0.2, 0.25) is 0 Å². The van der Waals surface area contributed by atoms with Gasteiger partial charge in [-0.1, -0.05) is 30.3 Å². The maximum Gasteiger partial charge on any atom is 0.373 e. The number of ether oxygens (including phenoxy) is 3. The average Bonchev–Trinajstić information content (AvgIpc) is 2.69. The molecule has 2 rings (SSSR count). The summed E-state index contributed by atoms with van der Waals surface area (Å²) < 4.78 is 16.0. The minimum absolute atomic E-state index is 0.0795. The van der Waals surface area contributed by atoms with Crippen LogP contribution in [0.3, 0.4) is 0 Å². The molecule has 0 heterocycles. The van der Waals surface area contributed by atoms with E-state index in [1.54, 1.807) is 12.1 Å². The molecule has 27 heavy (non-hydrogen) atoms. The Bertz CT molecular complexity index is 867. The molecule has 0 radical (unpaired) electrons. The minimum atomic E-state index is -0.668. The summed E-state index contributed by atoms with van der Waals surface area (Å²) in [5, 5.41) is 18.2. The van der Waals surface area contributed by atoms with Crippen molar-refractivity contribution < 1.29 is 24.1 Å². The lowest BCUT2D eigenvalue weighted by Gasteiger charge is -2.12. The van der Waals surface area contributed by atoms with Crippen molar-refractivity contribution in [1.29, 1.82) is 5.26 Å². The van der Waals surface area contributed by atoms with Gasteiger partial charge in [0.1, 0.15) is 5.75 Å². The highest BCUT2D eigenvalue weighted by molar-refractivity contribution is 5.86. The number of aliphatic hydroxyl groups excluding tert-OH is 1. The first-order chi connectivity index (χ1) is 13.1. The van der Waals surface area contributed by atoms with Crippen molar-refractivity contribution in [3.8, 4) is 11.8 Å². The van der Waals surface area contributed by atoms with E-state index in [0.29, 0.717) is 24.5 Å². The smallest absolute Gasteiger partial charge is 0.373 e. The first kappa shape index (κ1) is 20.2. The SMILES string of the molecule is COC(=O)/C(=C/CO)Oc1cc(COCc2ccccc2C#N)ccc1C. The molecule has 0 atom stereocenters. The maximum absolute atomic E-state index is 11.7. The summed E-state index contributed by atoms with van der Waals surface area (Å²) in [4.78, 5) is 11.7. The first-order valence-electron chi connectivity index (χ1n) is 8.31. The molecule has 0 aliphatic heterocycles. The quantitative estimate of drug-likeness (QED) is 0.438. The average molecular weight is 367 g/mol. The Hall–Kier alpha value is -3.14. The molecule has 2 aromatic rings. The molecule has 6 nitrogen and oxygen atoms in total. The van der Waals surface area contributed by atoms with Crippen LogP contribution in [0.1, 0.15) is 22.3 Å². The van der Waals surface area contributed by atoms with E-state index in [1.165, 1.54) is 13.2 Å². The van der Waals surface area contributed by atoms with Gasteiger partial charge in [0, 0.05) is 0 Å². The van der Waals surface area contributed by atoms with E-state index in [1.807, 2.05) is 37.3 Å². The fourth-order valence-corrected chi connectivity index (χ4v) is 2.35. The normalized spacial score (nSPS) is 11.0. The second kappa shape index (κ2) is 10.1. The number of benzene rings is 2. The zero-order chi connectivity index (χ0) is 19.6. The number of nitrogens with zero attached hydrogens (tertiary/aromatic N) is 1. The number of aliphatic hydroxyl groups is 1. The molecule has 6 heteroatoms. The molecule has 0 aliphatic rings. The van der Waals surface area contributed by atoms with Gasteiger partial charge in [-0.15, -0.1) is 0 Å². The van der Waals surface area contributed by atoms with Gasteiger partial charge in [-0.25, -0.2) is 4.79 Å². The zero-order valence-corrected chi connectivity index (χ0v) is 15.3. The van der Waals surface area contributed by atoms with Crippen molar-refractivity contribution in [2.24, 2.45) is 0 Å². The summed E-state index contributed by atoms with van der Waals surface area (Å²) in [6.07, 6.45) is 1.24. The number of rotatable bonds is 8. The van der Waals surface area contributed by atoms with Gasteiger partial charge < -0.3 is 19.3 Å². The number of carbonyl (C=O) groups is 1. The lowest BCUT2D eigenvalue weighted by atomic mass is 10.1. The molecular formula is C21H21NO5. The minimum Gasteiger partial charge on any atom is -0.463 e. The van der Waals surface area contributed by atoms with E-state index in [9.17, 15) is 4.79 Å². The molecule has 0 saturated carbocycles. The topological polar surface area (TPSA) is 88.8 Å². The Balaban J connectivity index is 2.07. The summed E-state index contributed by atoms with van der Waals surface area (Å²) in [6, 6.07) is 14.9. The maximum atomic E-state index is 11.7. The Labute approximate surface area is 158 Å². The van der Waals surface area contributed by atoms with E-state index in [2.05, 4.69) is 10.8 Å². The monoisotopic (exact) mass is 367 g/mol.